The van der Waals surface area contributed by atoms with E-state index in [1.54, 1.807) is 10.7 Å². The van der Waals surface area contributed by atoms with Gasteiger partial charge in [-0.2, -0.15) is 5.10 Å². The number of aromatic carboxylic acids is 1. The van der Waals surface area contributed by atoms with Crippen LogP contribution in [-0.4, -0.2) is 34.3 Å². The Morgan fingerprint density at radius 3 is 2.41 bits per heavy atom. The number of thiazole rings is 1. The molecule has 2 heterocycles. The summed E-state index contributed by atoms with van der Waals surface area (Å²) in [6, 6.07) is 21.8. The first kappa shape index (κ1) is 27.0. The smallest absolute Gasteiger partial charge is 0.355 e. The van der Waals surface area contributed by atoms with Crippen molar-refractivity contribution in [2.75, 3.05) is 0 Å². The molecule has 1 fully saturated rings. The zero-order valence-corrected chi connectivity index (χ0v) is 23.3. The summed E-state index contributed by atoms with van der Waals surface area (Å²) in [5, 5.41) is 21.5. The summed E-state index contributed by atoms with van der Waals surface area (Å²) in [4.78, 5) is 15.4. The van der Waals surface area contributed by atoms with E-state index in [1.807, 2.05) is 54.6 Å². The van der Waals surface area contributed by atoms with Crippen LogP contribution in [0.3, 0.4) is 0 Å². The second-order valence-corrected chi connectivity index (χ2v) is 12.5. The van der Waals surface area contributed by atoms with E-state index >= 15 is 0 Å². The lowest BCUT2D eigenvalue weighted by molar-refractivity contribution is 0.0691. The highest BCUT2D eigenvalue weighted by Gasteiger charge is 2.29. The number of rotatable bonds is 9. The fourth-order valence-electron chi connectivity index (χ4n) is 4.90. The molecule has 0 unspecified atom stereocenters. The molecule has 8 nitrogen and oxygen atoms in total. The van der Waals surface area contributed by atoms with Crippen molar-refractivity contribution in [3.05, 3.63) is 107 Å². The van der Waals surface area contributed by atoms with Gasteiger partial charge in [0.2, 0.25) is 15.2 Å². The maximum absolute atomic E-state index is 14.8. The first-order valence-corrected chi connectivity index (χ1v) is 15.4. The number of carbonyl (C=O) groups is 1. The van der Waals surface area contributed by atoms with E-state index in [1.165, 1.54) is 28.8 Å². The highest BCUT2D eigenvalue weighted by molar-refractivity contribution is 7.89. The van der Waals surface area contributed by atoms with E-state index in [0.29, 0.717) is 23.0 Å². The number of nitrogens with zero attached hydrogens (tertiary/aromatic N) is 3. The Morgan fingerprint density at radius 1 is 1.02 bits per heavy atom. The molecule has 2 aromatic heterocycles. The van der Waals surface area contributed by atoms with Crippen LogP contribution in [0, 0.1) is 11.7 Å². The number of nitrogens with two attached hydrogens (primary N) is 1. The topological polar surface area (TPSA) is 128 Å². The molecule has 0 atom stereocenters. The zero-order valence-electron chi connectivity index (χ0n) is 21.7. The van der Waals surface area contributed by atoms with Gasteiger partial charge in [-0.1, -0.05) is 54.6 Å². The highest BCUT2D eigenvalue weighted by atomic mass is 32.2. The highest BCUT2D eigenvalue weighted by Crippen LogP contribution is 2.39. The van der Waals surface area contributed by atoms with Gasteiger partial charge >= 0.3 is 5.97 Å². The average molecular weight is 589 g/mol. The molecule has 208 valence electrons. The van der Waals surface area contributed by atoms with Gasteiger partial charge < -0.3 is 5.11 Å². The summed E-state index contributed by atoms with van der Waals surface area (Å²) in [7, 11) is -4.20. The number of hydrogen-bond donors (Lipinski definition) is 2. The Hall–Kier alpha value is -4.19. The fraction of sp³-hybridized carbons (Fsp3) is 0.167. The molecule has 6 rings (SSSR count). The van der Waals surface area contributed by atoms with Crippen molar-refractivity contribution in [1.82, 2.24) is 14.8 Å². The van der Waals surface area contributed by atoms with E-state index in [4.69, 9.17) is 10.2 Å². The fourth-order valence-corrected chi connectivity index (χ4v) is 6.24. The number of carboxylic acids is 1. The van der Waals surface area contributed by atoms with Crippen LogP contribution in [0.2, 0.25) is 0 Å². The maximum Gasteiger partial charge on any atom is 0.355 e. The maximum atomic E-state index is 14.8. The van der Waals surface area contributed by atoms with Crippen LogP contribution in [0.1, 0.15) is 40.2 Å². The number of carboxylic acid groups (broad SMARTS) is 1. The minimum absolute atomic E-state index is 0.0737. The van der Waals surface area contributed by atoms with Gasteiger partial charge in [0, 0.05) is 22.9 Å². The number of hydrogen-bond acceptors (Lipinski definition) is 6. The van der Waals surface area contributed by atoms with Crippen LogP contribution < -0.4 is 5.14 Å². The molecule has 0 bridgehead atoms. The summed E-state index contributed by atoms with van der Waals surface area (Å²) >= 11 is 1.18. The Kier molecular flexibility index (Phi) is 7.02. The summed E-state index contributed by atoms with van der Waals surface area (Å²) in [6.07, 6.45) is 3.15. The molecular formula is C30H25FN4O4S2. The van der Waals surface area contributed by atoms with Gasteiger partial charge in [-0.15, -0.1) is 11.3 Å². The third kappa shape index (κ3) is 5.69. The minimum atomic E-state index is -4.20. The van der Waals surface area contributed by atoms with Crippen LogP contribution in [-0.2, 0) is 22.9 Å². The van der Waals surface area contributed by atoms with Crippen LogP contribution >= 0.6 is 11.3 Å². The minimum Gasteiger partial charge on any atom is -0.476 e. The average Bonchev–Trinajstić information content (AvgIpc) is 3.49. The van der Waals surface area contributed by atoms with Crippen molar-refractivity contribution >= 4 is 27.3 Å². The Labute approximate surface area is 240 Å². The molecule has 3 N–H and O–H groups in total. The largest absolute Gasteiger partial charge is 0.476 e. The Balaban J connectivity index is 1.54. The second kappa shape index (κ2) is 10.7. The van der Waals surface area contributed by atoms with Crippen LogP contribution in [0.5, 0.6) is 0 Å². The van der Waals surface area contributed by atoms with E-state index < -0.39 is 26.7 Å². The van der Waals surface area contributed by atoms with Crippen molar-refractivity contribution in [2.24, 2.45) is 11.1 Å². The third-order valence-electron chi connectivity index (χ3n) is 7.06. The van der Waals surface area contributed by atoms with Crippen molar-refractivity contribution in [3.8, 4) is 27.5 Å². The van der Waals surface area contributed by atoms with E-state index in [9.17, 15) is 22.7 Å². The van der Waals surface area contributed by atoms with Crippen LogP contribution in [0.4, 0.5) is 4.39 Å². The van der Waals surface area contributed by atoms with Gasteiger partial charge in [0.25, 0.3) is 0 Å². The number of halogens is 1. The molecule has 0 radical (unpaired) electrons. The molecule has 11 heteroatoms. The molecule has 0 spiro atoms. The predicted octanol–water partition coefficient (Wildman–Crippen LogP) is 5.69. The normalized spacial score (nSPS) is 13.4. The number of primary sulfonamides is 1. The van der Waals surface area contributed by atoms with Gasteiger partial charge in [0.15, 0.2) is 5.69 Å². The molecule has 1 saturated carbocycles. The van der Waals surface area contributed by atoms with Crippen molar-refractivity contribution < 1.29 is 22.7 Å². The van der Waals surface area contributed by atoms with Crippen molar-refractivity contribution in [3.63, 3.8) is 0 Å². The SMILES string of the molecule is NS(=O)(=O)c1ccc(Cc2c(CC3CC3)nn(-c3nc(C(=O)O)cs3)c2-c2cccc(-c3ccccc3)c2)cc1F. The molecule has 3 aromatic carbocycles. The standard InChI is InChI=1S/C30H25FN4O4S2/c31-24-14-19(11-12-27(24)41(32,38)39)13-23-25(15-18-9-10-18)34-35(30-33-26(17-40-30)29(36)37)28(23)22-8-4-7-21(16-22)20-5-2-1-3-6-20/h1-8,11-12,14,16-18H,9-10,13,15H2,(H,36,37)(H2,32,38,39). The summed E-state index contributed by atoms with van der Waals surface area (Å²) in [6.45, 7) is 0. The number of benzene rings is 3. The molecule has 41 heavy (non-hydrogen) atoms. The van der Waals surface area contributed by atoms with Crippen LogP contribution in [0.15, 0.2) is 83.1 Å². The molecule has 0 saturated heterocycles. The third-order valence-corrected chi connectivity index (χ3v) is 8.83. The lowest BCUT2D eigenvalue weighted by Gasteiger charge is -2.12. The van der Waals surface area contributed by atoms with E-state index in [-0.39, 0.29) is 12.1 Å². The second-order valence-electron chi connectivity index (χ2n) is 10.1. The van der Waals surface area contributed by atoms with Gasteiger partial charge in [-0.3, -0.25) is 0 Å². The first-order chi connectivity index (χ1) is 19.7. The van der Waals surface area contributed by atoms with Gasteiger partial charge in [-0.25, -0.2) is 32.4 Å². The van der Waals surface area contributed by atoms with Crippen LogP contribution in [0.25, 0.3) is 27.5 Å². The van der Waals surface area contributed by atoms with E-state index in [2.05, 4.69) is 4.98 Å². The van der Waals surface area contributed by atoms with Gasteiger partial charge in [-0.05, 0) is 60.1 Å². The number of sulfonamides is 1. The summed E-state index contributed by atoms with van der Waals surface area (Å²) in [5.41, 5.74) is 5.72. The lowest BCUT2D eigenvalue weighted by atomic mass is 9.95. The lowest BCUT2D eigenvalue weighted by Crippen LogP contribution is -2.14. The molecule has 0 aliphatic heterocycles. The molecule has 0 amide bonds. The zero-order chi connectivity index (χ0) is 28.7. The van der Waals surface area contributed by atoms with E-state index in [0.717, 1.165) is 46.5 Å². The quantitative estimate of drug-likeness (QED) is 0.228. The monoisotopic (exact) mass is 588 g/mol. The predicted molar refractivity (Wildman–Crippen MR) is 154 cm³/mol. The van der Waals surface area contributed by atoms with Crippen molar-refractivity contribution in [2.45, 2.75) is 30.6 Å². The molecular weight excluding hydrogens is 563 g/mol. The molecule has 5 aromatic rings. The summed E-state index contributed by atoms with van der Waals surface area (Å²) < 4.78 is 40.1. The number of aromatic nitrogens is 3. The Morgan fingerprint density at radius 2 is 1.76 bits per heavy atom. The Bertz CT molecular complexity index is 1880. The van der Waals surface area contributed by atoms with Gasteiger partial charge in [0.05, 0.1) is 11.4 Å². The summed E-state index contributed by atoms with van der Waals surface area (Å²) in [5.74, 6) is -1.57. The van der Waals surface area contributed by atoms with Gasteiger partial charge in [0.1, 0.15) is 10.7 Å². The van der Waals surface area contributed by atoms with Crippen molar-refractivity contribution in [1.29, 1.82) is 0 Å². The molecule has 1 aliphatic carbocycles. The molecule has 1 aliphatic rings. The first-order valence-electron chi connectivity index (χ1n) is 12.9.